The summed E-state index contributed by atoms with van der Waals surface area (Å²) in [6, 6.07) is 2.83. The molecule has 7 heteroatoms. The Morgan fingerprint density at radius 1 is 1.15 bits per heavy atom. The molecular weight excluding hydrogens is 240 g/mol. The van der Waals surface area contributed by atoms with Gasteiger partial charge in [0, 0.05) is 23.1 Å². The average Bonchev–Trinajstić information content (AvgIpc) is 1.92. The molecule has 1 aromatic rings. The zero-order valence-electron chi connectivity index (χ0n) is 6.15. The van der Waals surface area contributed by atoms with Gasteiger partial charge in [-0.1, -0.05) is 0 Å². The van der Waals surface area contributed by atoms with Crippen LogP contribution in [0.1, 0.15) is 0 Å². The maximum Gasteiger partial charge on any atom is 0.298 e. The Labute approximate surface area is 85.2 Å². The van der Waals surface area contributed by atoms with Crippen LogP contribution in [0.15, 0.2) is 23.1 Å². The predicted molar refractivity (Wildman–Crippen MR) is 39.6 cm³/mol. The van der Waals surface area contributed by atoms with Crippen LogP contribution in [0.5, 0.6) is 11.5 Å². The van der Waals surface area contributed by atoms with E-state index in [9.17, 15) is 8.42 Å². The summed E-state index contributed by atoms with van der Waals surface area (Å²) >= 11 is 0. The van der Waals surface area contributed by atoms with Crippen LogP contribution < -0.4 is 0 Å². The summed E-state index contributed by atoms with van der Waals surface area (Å²) in [5.74, 6) is -0.948. The number of phenolic OH excluding ortho intramolecular Hbond substituents is 2. The molecule has 0 aromatic heterocycles. The molecule has 13 heavy (non-hydrogen) atoms. The van der Waals surface area contributed by atoms with E-state index in [1.807, 2.05) is 0 Å². The molecule has 0 spiro atoms. The molecule has 0 amide bonds. The van der Waals surface area contributed by atoms with Crippen LogP contribution in [0.25, 0.3) is 0 Å². The first kappa shape index (κ1) is 12.2. The second-order valence-corrected chi connectivity index (χ2v) is 3.52. The summed E-state index contributed by atoms with van der Waals surface area (Å²) in [5, 5.41) is 17.7. The molecule has 0 radical (unpaired) electrons. The first-order chi connectivity index (χ1) is 5.41. The zero-order valence-corrected chi connectivity index (χ0v) is 8.07. The summed E-state index contributed by atoms with van der Waals surface area (Å²) in [6.45, 7) is 0. The quantitative estimate of drug-likeness (QED) is 0.377. The Balaban J connectivity index is 0.00000144. The minimum Gasteiger partial charge on any atom is -0.508 e. The molecule has 0 unspecified atom stereocenters. The smallest absolute Gasteiger partial charge is 0.298 e. The Hall–Kier alpha value is -0.751. The van der Waals surface area contributed by atoms with Crippen molar-refractivity contribution in [2.45, 2.75) is 4.90 Å². The maximum absolute atomic E-state index is 10.5. The van der Waals surface area contributed by atoms with Gasteiger partial charge >= 0.3 is 0 Å². The number of rotatable bonds is 1. The first-order valence-electron chi connectivity index (χ1n) is 2.91. The van der Waals surface area contributed by atoms with E-state index in [0.717, 1.165) is 18.2 Å². The Morgan fingerprint density at radius 2 is 1.69 bits per heavy atom. The van der Waals surface area contributed by atoms with E-state index in [-0.39, 0.29) is 22.8 Å². The number of phenols is 2. The van der Waals surface area contributed by atoms with Crippen molar-refractivity contribution in [2.75, 3.05) is 0 Å². The van der Waals surface area contributed by atoms with Crippen molar-refractivity contribution in [1.82, 2.24) is 0 Å². The third kappa shape index (κ3) is 2.89. The van der Waals surface area contributed by atoms with Gasteiger partial charge in [-0.3, -0.25) is 4.55 Å². The molecule has 0 saturated heterocycles. The van der Waals surface area contributed by atoms with E-state index < -0.39 is 20.8 Å². The largest absolute Gasteiger partial charge is 0.508 e. The molecule has 1 aromatic carbocycles. The molecule has 3 N–H and O–H groups in total. The monoisotopic (exact) mass is 246 g/mol. The first-order valence-corrected chi connectivity index (χ1v) is 4.35. The van der Waals surface area contributed by atoms with Crippen molar-refractivity contribution in [3.63, 3.8) is 0 Å². The average molecular weight is 246 g/mol. The Kier molecular flexibility index (Phi) is 3.74. The van der Waals surface area contributed by atoms with Crippen molar-refractivity contribution in [3.05, 3.63) is 18.2 Å². The minimum atomic E-state index is -4.47. The number of hydrogen-bond acceptors (Lipinski definition) is 4. The van der Waals surface area contributed by atoms with Gasteiger partial charge < -0.3 is 10.2 Å². The number of aromatic hydroxyl groups is 2. The van der Waals surface area contributed by atoms with Gasteiger partial charge in [0.15, 0.2) is 0 Å². The SMILES string of the molecule is O=S(=O)(O)c1cc(O)ccc1O.[Fe]. The van der Waals surface area contributed by atoms with E-state index >= 15 is 0 Å². The Morgan fingerprint density at radius 3 is 2.08 bits per heavy atom. The fraction of sp³-hybridized carbons (Fsp3) is 0. The topological polar surface area (TPSA) is 94.8 Å². The second-order valence-electron chi connectivity index (χ2n) is 2.13. The van der Waals surface area contributed by atoms with Gasteiger partial charge in [0.1, 0.15) is 16.4 Å². The van der Waals surface area contributed by atoms with Crippen molar-refractivity contribution in [3.8, 4) is 11.5 Å². The molecule has 74 valence electrons. The molecule has 0 saturated carbocycles. The van der Waals surface area contributed by atoms with Gasteiger partial charge in [-0.25, -0.2) is 0 Å². The van der Waals surface area contributed by atoms with Crippen molar-refractivity contribution in [2.24, 2.45) is 0 Å². The van der Waals surface area contributed by atoms with E-state index in [1.54, 1.807) is 0 Å². The molecule has 5 nitrogen and oxygen atoms in total. The van der Waals surface area contributed by atoms with Crippen LogP contribution in [0.3, 0.4) is 0 Å². The fourth-order valence-electron chi connectivity index (χ4n) is 0.709. The van der Waals surface area contributed by atoms with Gasteiger partial charge in [-0.2, -0.15) is 8.42 Å². The van der Waals surface area contributed by atoms with Gasteiger partial charge in [0.25, 0.3) is 10.1 Å². The van der Waals surface area contributed by atoms with Crippen LogP contribution in [0.2, 0.25) is 0 Å². The van der Waals surface area contributed by atoms with Gasteiger partial charge in [0.05, 0.1) is 0 Å². The molecule has 0 fully saturated rings. The van der Waals surface area contributed by atoms with Crippen LogP contribution in [-0.2, 0) is 27.2 Å². The summed E-state index contributed by atoms with van der Waals surface area (Å²) in [5.41, 5.74) is 0. The van der Waals surface area contributed by atoms with Crippen LogP contribution >= 0.6 is 0 Å². The normalized spacial score (nSPS) is 10.5. The zero-order chi connectivity index (χ0) is 9.35. The molecular formula is C6H6FeO5S. The second kappa shape index (κ2) is 3.97. The molecule has 1 rings (SSSR count). The molecule has 0 heterocycles. The van der Waals surface area contributed by atoms with Crippen molar-refractivity contribution >= 4 is 10.1 Å². The maximum atomic E-state index is 10.5. The standard InChI is InChI=1S/C6H6O5S.Fe/c7-4-1-2-5(8)6(3-4)12(9,10)11;/h1-3,7-8H,(H,9,10,11);. The summed E-state index contributed by atoms with van der Waals surface area (Å²) in [4.78, 5) is -0.706. The van der Waals surface area contributed by atoms with E-state index in [2.05, 4.69) is 0 Å². The van der Waals surface area contributed by atoms with Crippen LogP contribution in [0.4, 0.5) is 0 Å². The van der Waals surface area contributed by atoms with E-state index in [0.29, 0.717) is 0 Å². The molecule has 0 bridgehead atoms. The Bertz CT molecular complexity index is 399. The van der Waals surface area contributed by atoms with E-state index in [1.165, 1.54) is 0 Å². The third-order valence-corrected chi connectivity index (χ3v) is 2.10. The van der Waals surface area contributed by atoms with E-state index in [4.69, 9.17) is 14.8 Å². The summed E-state index contributed by atoms with van der Waals surface area (Å²) in [7, 11) is -4.47. The van der Waals surface area contributed by atoms with Crippen LogP contribution in [-0.4, -0.2) is 23.2 Å². The van der Waals surface area contributed by atoms with Crippen molar-refractivity contribution in [1.29, 1.82) is 0 Å². The fourth-order valence-corrected chi connectivity index (χ4v) is 1.31. The molecule has 0 aliphatic rings. The van der Waals surface area contributed by atoms with Gasteiger partial charge in [-0.05, 0) is 12.1 Å². The number of benzene rings is 1. The van der Waals surface area contributed by atoms with Gasteiger partial charge in [-0.15, -0.1) is 0 Å². The van der Waals surface area contributed by atoms with Crippen molar-refractivity contribution < 1.29 is 40.3 Å². The summed E-state index contributed by atoms with van der Waals surface area (Å²) in [6.07, 6.45) is 0. The molecule has 0 aliphatic heterocycles. The molecule has 0 atom stereocenters. The minimum absolute atomic E-state index is 0. The predicted octanol–water partition coefficient (Wildman–Crippen LogP) is 0.342. The third-order valence-electron chi connectivity index (χ3n) is 1.22. The number of hydrogen-bond donors (Lipinski definition) is 3. The van der Waals surface area contributed by atoms with Gasteiger partial charge in [0.2, 0.25) is 0 Å². The summed E-state index contributed by atoms with van der Waals surface area (Å²) < 4.78 is 29.5. The van der Waals surface area contributed by atoms with Crippen LogP contribution in [0, 0.1) is 0 Å². The molecule has 0 aliphatic carbocycles.